The highest BCUT2D eigenvalue weighted by molar-refractivity contribution is 5.93. The van der Waals surface area contributed by atoms with Crippen LogP contribution in [0.4, 0.5) is 0 Å². The lowest BCUT2D eigenvalue weighted by atomic mass is 10.00. The van der Waals surface area contributed by atoms with Gasteiger partial charge in [0.1, 0.15) is 12.1 Å². The summed E-state index contributed by atoms with van der Waals surface area (Å²) in [6, 6.07) is 13.0. The number of rotatable bonds is 14. The lowest BCUT2D eigenvalue weighted by Gasteiger charge is -2.29. The van der Waals surface area contributed by atoms with Crippen LogP contribution in [0.15, 0.2) is 42.5 Å². The maximum absolute atomic E-state index is 13.4. The average molecular weight is 509 g/mol. The highest BCUT2D eigenvalue weighted by Crippen LogP contribution is 2.23. The molecule has 0 saturated carbocycles. The molecule has 3 amide bonds. The van der Waals surface area contributed by atoms with Crippen LogP contribution in [0.5, 0.6) is 0 Å². The zero-order valence-electron chi connectivity index (χ0n) is 22.5. The van der Waals surface area contributed by atoms with E-state index in [1.54, 1.807) is 4.90 Å². The van der Waals surface area contributed by atoms with Gasteiger partial charge in [-0.05, 0) is 61.4 Å². The van der Waals surface area contributed by atoms with E-state index in [9.17, 15) is 14.4 Å². The summed E-state index contributed by atoms with van der Waals surface area (Å²) in [4.78, 5) is 41.5. The van der Waals surface area contributed by atoms with Crippen LogP contribution in [0.25, 0.3) is 10.8 Å². The summed E-state index contributed by atoms with van der Waals surface area (Å²) in [6.07, 6.45) is 7.27. The number of carbonyl (C=O) groups excluding carboxylic acids is 3. The minimum atomic E-state index is -0.705. The van der Waals surface area contributed by atoms with E-state index in [4.69, 9.17) is 5.73 Å². The van der Waals surface area contributed by atoms with Crippen LogP contribution in [0.3, 0.4) is 0 Å². The van der Waals surface area contributed by atoms with Crippen molar-refractivity contribution in [2.45, 2.75) is 83.7 Å². The Kier molecular flexibility index (Phi) is 11.4. The molecule has 3 rings (SSSR count). The van der Waals surface area contributed by atoms with Gasteiger partial charge in [-0.2, -0.15) is 0 Å². The molecule has 1 aliphatic rings. The van der Waals surface area contributed by atoms with E-state index >= 15 is 0 Å². The van der Waals surface area contributed by atoms with Gasteiger partial charge >= 0.3 is 0 Å². The lowest BCUT2D eigenvalue weighted by Crippen LogP contribution is -2.54. The number of fused-ring (bicyclic) bond motifs is 1. The van der Waals surface area contributed by atoms with Gasteiger partial charge in [-0.1, -0.05) is 69.2 Å². The van der Waals surface area contributed by atoms with Crippen molar-refractivity contribution in [3.05, 3.63) is 48.0 Å². The zero-order valence-corrected chi connectivity index (χ0v) is 22.5. The lowest BCUT2D eigenvalue weighted by molar-refractivity contribution is -0.142. The number of nitrogens with one attached hydrogen (secondary N) is 2. The molecule has 2 unspecified atom stereocenters. The monoisotopic (exact) mass is 508 g/mol. The number of nitrogens with zero attached hydrogens (tertiary/aromatic N) is 1. The van der Waals surface area contributed by atoms with Crippen molar-refractivity contribution in [2.75, 3.05) is 19.6 Å². The first-order valence-electron chi connectivity index (χ1n) is 14.0. The molecule has 7 nitrogen and oxygen atoms in total. The smallest absolute Gasteiger partial charge is 0.243 e. The number of unbranched alkanes of at least 4 members (excludes halogenated alkanes) is 3. The van der Waals surface area contributed by atoms with E-state index < -0.39 is 12.1 Å². The van der Waals surface area contributed by atoms with Gasteiger partial charge in [0.25, 0.3) is 0 Å². The van der Waals surface area contributed by atoms with Gasteiger partial charge in [-0.25, -0.2) is 0 Å². The molecule has 37 heavy (non-hydrogen) atoms. The van der Waals surface area contributed by atoms with Crippen molar-refractivity contribution >= 4 is 28.5 Å². The second-order valence-electron chi connectivity index (χ2n) is 10.1. The van der Waals surface area contributed by atoms with Gasteiger partial charge in [-0.15, -0.1) is 0 Å². The summed E-state index contributed by atoms with van der Waals surface area (Å²) >= 11 is 0. The number of amides is 3. The van der Waals surface area contributed by atoms with Crippen LogP contribution in [0.2, 0.25) is 0 Å². The van der Waals surface area contributed by atoms with Crippen molar-refractivity contribution in [1.29, 1.82) is 0 Å². The number of likely N-dealkylation sites (tertiary alicyclic amines) is 1. The Hall–Kier alpha value is -2.93. The summed E-state index contributed by atoms with van der Waals surface area (Å²) in [5.41, 5.74) is 6.55. The third-order valence-electron chi connectivity index (χ3n) is 7.49. The fourth-order valence-electron chi connectivity index (χ4n) is 5.21. The second-order valence-corrected chi connectivity index (χ2v) is 10.1. The van der Waals surface area contributed by atoms with Crippen LogP contribution >= 0.6 is 0 Å². The van der Waals surface area contributed by atoms with Crippen molar-refractivity contribution < 1.29 is 14.4 Å². The molecule has 7 heteroatoms. The maximum atomic E-state index is 13.4. The van der Waals surface area contributed by atoms with E-state index in [1.165, 1.54) is 0 Å². The van der Waals surface area contributed by atoms with Gasteiger partial charge in [0.2, 0.25) is 17.7 Å². The van der Waals surface area contributed by atoms with Crippen LogP contribution in [-0.2, 0) is 20.8 Å². The predicted octanol–water partition coefficient (Wildman–Crippen LogP) is 3.93. The van der Waals surface area contributed by atoms with Gasteiger partial charge in [0.05, 0.1) is 0 Å². The molecule has 1 fully saturated rings. The molecule has 1 heterocycles. The molecule has 1 aliphatic heterocycles. The molecule has 0 aliphatic carbocycles. The Balaban J connectivity index is 1.71. The molecule has 1 saturated heterocycles. The van der Waals surface area contributed by atoms with Crippen LogP contribution < -0.4 is 16.4 Å². The topological polar surface area (TPSA) is 105 Å². The van der Waals surface area contributed by atoms with Crippen LogP contribution in [0.1, 0.15) is 70.8 Å². The third kappa shape index (κ3) is 8.03. The number of nitrogens with two attached hydrogens (primary N) is 1. The summed E-state index contributed by atoms with van der Waals surface area (Å²) in [6.45, 7) is 5.87. The number of carbonyl (C=O) groups is 3. The SMILES string of the molecule is CCC(CC)C(=O)N1CCCC1C(=O)NC(Cc1ccc2ccccc2c1)C(=O)NCCCCCCN. The van der Waals surface area contributed by atoms with E-state index in [1.807, 2.05) is 44.2 Å². The van der Waals surface area contributed by atoms with Crippen molar-refractivity contribution in [3.8, 4) is 0 Å². The Bertz CT molecular complexity index is 1040. The summed E-state index contributed by atoms with van der Waals surface area (Å²) in [5, 5.41) is 8.27. The van der Waals surface area contributed by atoms with E-state index in [2.05, 4.69) is 22.8 Å². The number of benzene rings is 2. The molecule has 0 spiro atoms. The first-order valence-corrected chi connectivity index (χ1v) is 14.0. The van der Waals surface area contributed by atoms with Gasteiger partial charge < -0.3 is 21.3 Å². The normalized spacial score (nSPS) is 16.2. The molecule has 0 radical (unpaired) electrons. The minimum absolute atomic E-state index is 0.0515. The van der Waals surface area contributed by atoms with Gasteiger partial charge in [0, 0.05) is 25.4 Å². The van der Waals surface area contributed by atoms with E-state index in [0.29, 0.717) is 32.5 Å². The molecule has 2 aromatic carbocycles. The van der Waals surface area contributed by atoms with Crippen molar-refractivity contribution in [1.82, 2.24) is 15.5 Å². The first-order chi connectivity index (χ1) is 18.0. The maximum Gasteiger partial charge on any atom is 0.243 e. The highest BCUT2D eigenvalue weighted by Gasteiger charge is 2.37. The molecular weight excluding hydrogens is 464 g/mol. The Morgan fingerprint density at radius 1 is 1.00 bits per heavy atom. The Morgan fingerprint density at radius 2 is 1.73 bits per heavy atom. The predicted molar refractivity (Wildman–Crippen MR) is 149 cm³/mol. The molecule has 4 N–H and O–H groups in total. The molecule has 202 valence electrons. The molecular formula is C30H44N4O3. The van der Waals surface area contributed by atoms with Crippen LogP contribution in [0, 0.1) is 5.92 Å². The van der Waals surface area contributed by atoms with E-state index in [0.717, 1.165) is 61.3 Å². The summed E-state index contributed by atoms with van der Waals surface area (Å²) < 4.78 is 0. The fraction of sp³-hybridized carbons (Fsp3) is 0.567. The number of hydrogen-bond donors (Lipinski definition) is 3. The second kappa shape index (κ2) is 14.7. The third-order valence-corrected chi connectivity index (χ3v) is 7.49. The average Bonchev–Trinajstić information content (AvgIpc) is 3.41. The first kappa shape index (κ1) is 28.6. The fourth-order valence-corrected chi connectivity index (χ4v) is 5.21. The largest absolute Gasteiger partial charge is 0.354 e. The summed E-state index contributed by atoms with van der Waals surface area (Å²) in [7, 11) is 0. The zero-order chi connectivity index (χ0) is 26.6. The quantitative estimate of drug-likeness (QED) is 0.336. The molecule has 2 atom stereocenters. The summed E-state index contributed by atoms with van der Waals surface area (Å²) in [5.74, 6) is -0.433. The molecule has 0 aromatic heterocycles. The van der Waals surface area contributed by atoms with Crippen molar-refractivity contribution in [2.24, 2.45) is 11.7 Å². The van der Waals surface area contributed by atoms with Gasteiger partial charge in [0.15, 0.2) is 0 Å². The Morgan fingerprint density at radius 3 is 2.46 bits per heavy atom. The highest BCUT2D eigenvalue weighted by atomic mass is 16.2. The van der Waals surface area contributed by atoms with Crippen molar-refractivity contribution in [3.63, 3.8) is 0 Å². The Labute approximate surface area is 221 Å². The standard InChI is InChI=1S/C30H44N4O3/c1-3-23(4-2)30(37)34-19-11-14-27(34)29(36)33-26(28(35)32-18-10-6-5-9-17-31)21-22-15-16-24-12-7-8-13-25(24)20-22/h7-8,12-13,15-16,20,23,26-27H,3-6,9-11,14,17-19,21,31H2,1-2H3,(H,32,35)(H,33,36). The molecule has 2 aromatic rings. The van der Waals surface area contributed by atoms with E-state index in [-0.39, 0.29) is 23.6 Å². The van der Waals surface area contributed by atoms with Gasteiger partial charge in [-0.3, -0.25) is 14.4 Å². The molecule has 0 bridgehead atoms. The minimum Gasteiger partial charge on any atom is -0.354 e. The number of hydrogen-bond acceptors (Lipinski definition) is 4. The van der Waals surface area contributed by atoms with Crippen LogP contribution in [-0.4, -0.2) is 54.3 Å².